The molecule has 0 radical (unpaired) electrons. The van der Waals surface area contributed by atoms with E-state index in [-0.39, 0.29) is 17.3 Å². The van der Waals surface area contributed by atoms with E-state index in [1.807, 2.05) is 38.1 Å². The second-order valence-electron chi connectivity index (χ2n) is 7.80. The summed E-state index contributed by atoms with van der Waals surface area (Å²) >= 11 is 0. The second-order valence-corrected chi connectivity index (χ2v) is 9.69. The van der Waals surface area contributed by atoms with Gasteiger partial charge in [0.2, 0.25) is 15.9 Å². The largest absolute Gasteiger partial charge is 0.494 e. The number of aryl methyl sites for hydroxylation is 1. The topological polar surface area (TPSA) is 75.7 Å². The van der Waals surface area contributed by atoms with Gasteiger partial charge in [0.25, 0.3) is 0 Å². The summed E-state index contributed by atoms with van der Waals surface area (Å²) in [6.45, 7) is 4.51. The highest BCUT2D eigenvalue weighted by molar-refractivity contribution is 7.89. The summed E-state index contributed by atoms with van der Waals surface area (Å²) in [5.74, 6) is 0.347. The average Bonchev–Trinajstić information content (AvgIpc) is 2.80. The van der Waals surface area contributed by atoms with E-state index in [0.717, 1.165) is 16.7 Å². The summed E-state index contributed by atoms with van der Waals surface area (Å²) in [4.78, 5) is 13.5. The summed E-state index contributed by atoms with van der Waals surface area (Å²) in [5.41, 5.74) is 3.45. The Hall–Kier alpha value is -3.16. The smallest absolute Gasteiger partial charge is 0.244 e. The van der Waals surface area contributed by atoms with Gasteiger partial charge in [-0.05, 0) is 67.8 Å². The predicted octanol–water partition coefficient (Wildman–Crippen LogP) is 4.15. The van der Waals surface area contributed by atoms with Crippen LogP contribution in [0.1, 0.15) is 23.6 Å². The number of nitrogens with one attached hydrogen (secondary N) is 1. The molecule has 1 aliphatic heterocycles. The van der Waals surface area contributed by atoms with E-state index in [9.17, 15) is 13.2 Å². The van der Waals surface area contributed by atoms with Gasteiger partial charge >= 0.3 is 0 Å². The molecule has 3 aromatic carbocycles. The predicted molar refractivity (Wildman–Crippen MR) is 124 cm³/mol. The molecule has 1 atom stereocenters. The molecule has 6 nitrogen and oxygen atoms in total. The quantitative estimate of drug-likeness (QED) is 0.612. The number of fused-ring (bicyclic) bond motifs is 1. The molecule has 1 heterocycles. The first-order valence-corrected chi connectivity index (χ1v) is 12.0. The Kier molecular flexibility index (Phi) is 6.30. The first-order chi connectivity index (χ1) is 15.4. The fourth-order valence-corrected chi connectivity index (χ4v) is 5.41. The lowest BCUT2D eigenvalue weighted by molar-refractivity contribution is -0.120. The van der Waals surface area contributed by atoms with Crippen LogP contribution in [0.25, 0.3) is 0 Å². The molecule has 1 amide bonds. The minimum Gasteiger partial charge on any atom is -0.494 e. The molecule has 32 heavy (non-hydrogen) atoms. The Morgan fingerprint density at radius 3 is 2.31 bits per heavy atom. The average molecular weight is 451 g/mol. The molecule has 1 aliphatic rings. The van der Waals surface area contributed by atoms with Crippen LogP contribution in [0.5, 0.6) is 5.75 Å². The molecule has 7 heteroatoms. The SMILES string of the molecule is CCOc1ccc(NC(=O)[C@H]2Cc3ccccc3CN2S(=O)(=O)c2ccc(C)cc2)cc1. The lowest BCUT2D eigenvalue weighted by Crippen LogP contribution is -2.50. The molecule has 4 rings (SSSR count). The molecular weight excluding hydrogens is 424 g/mol. The Labute approximate surface area is 188 Å². The first-order valence-electron chi connectivity index (χ1n) is 10.6. The summed E-state index contributed by atoms with van der Waals surface area (Å²) in [6.07, 6.45) is 0.310. The number of amides is 1. The maximum Gasteiger partial charge on any atom is 0.244 e. The van der Waals surface area contributed by atoms with Gasteiger partial charge in [-0.1, -0.05) is 42.0 Å². The number of sulfonamides is 1. The number of carbonyl (C=O) groups excluding carboxylic acids is 1. The van der Waals surface area contributed by atoms with Crippen molar-refractivity contribution in [3.8, 4) is 5.75 Å². The zero-order chi connectivity index (χ0) is 22.7. The molecule has 0 unspecified atom stereocenters. The van der Waals surface area contributed by atoms with Crippen molar-refractivity contribution < 1.29 is 17.9 Å². The van der Waals surface area contributed by atoms with E-state index in [4.69, 9.17) is 4.74 Å². The highest BCUT2D eigenvalue weighted by Crippen LogP contribution is 2.30. The number of anilines is 1. The van der Waals surface area contributed by atoms with Crippen LogP contribution in [0.15, 0.2) is 77.7 Å². The number of nitrogens with zero attached hydrogens (tertiary/aromatic N) is 1. The zero-order valence-corrected chi connectivity index (χ0v) is 18.9. The lowest BCUT2D eigenvalue weighted by atomic mass is 9.95. The van der Waals surface area contributed by atoms with Crippen LogP contribution >= 0.6 is 0 Å². The third kappa shape index (κ3) is 4.54. The van der Waals surface area contributed by atoms with Crippen LogP contribution < -0.4 is 10.1 Å². The van der Waals surface area contributed by atoms with Gasteiger partial charge in [-0.2, -0.15) is 4.31 Å². The molecule has 0 bridgehead atoms. The maximum atomic E-state index is 13.5. The first kappa shape index (κ1) is 22.0. The van der Waals surface area contributed by atoms with Crippen LogP contribution in [-0.4, -0.2) is 31.3 Å². The van der Waals surface area contributed by atoms with Crippen molar-refractivity contribution in [2.75, 3.05) is 11.9 Å². The number of hydrogen-bond donors (Lipinski definition) is 1. The zero-order valence-electron chi connectivity index (χ0n) is 18.1. The summed E-state index contributed by atoms with van der Waals surface area (Å²) < 4.78 is 33.8. The van der Waals surface area contributed by atoms with Gasteiger partial charge in [0.1, 0.15) is 11.8 Å². The van der Waals surface area contributed by atoms with E-state index in [2.05, 4.69) is 5.32 Å². The van der Waals surface area contributed by atoms with E-state index in [1.54, 1.807) is 48.5 Å². The molecule has 3 aromatic rings. The Bertz CT molecular complexity index is 1210. The number of rotatable bonds is 6. The van der Waals surface area contributed by atoms with Crippen LogP contribution in [-0.2, 0) is 27.8 Å². The van der Waals surface area contributed by atoms with E-state index >= 15 is 0 Å². The van der Waals surface area contributed by atoms with Gasteiger partial charge in [-0.25, -0.2) is 8.42 Å². The van der Waals surface area contributed by atoms with Gasteiger partial charge in [0, 0.05) is 12.2 Å². The molecular formula is C25H26N2O4S. The maximum absolute atomic E-state index is 13.5. The van der Waals surface area contributed by atoms with Crippen molar-refractivity contribution in [3.63, 3.8) is 0 Å². The van der Waals surface area contributed by atoms with Crippen molar-refractivity contribution in [1.29, 1.82) is 0 Å². The molecule has 0 aromatic heterocycles. The number of hydrogen-bond acceptors (Lipinski definition) is 4. The van der Waals surface area contributed by atoms with Crippen LogP contribution in [0.3, 0.4) is 0 Å². The van der Waals surface area contributed by atoms with Gasteiger partial charge in [0.15, 0.2) is 0 Å². The van der Waals surface area contributed by atoms with E-state index < -0.39 is 16.1 Å². The van der Waals surface area contributed by atoms with Gasteiger partial charge in [-0.3, -0.25) is 4.79 Å². The minimum atomic E-state index is -3.87. The van der Waals surface area contributed by atoms with Crippen molar-refractivity contribution in [1.82, 2.24) is 4.31 Å². The monoisotopic (exact) mass is 450 g/mol. The van der Waals surface area contributed by atoms with Crippen molar-refractivity contribution in [2.45, 2.75) is 37.8 Å². The number of ether oxygens (including phenoxy) is 1. The Balaban J connectivity index is 1.65. The lowest BCUT2D eigenvalue weighted by Gasteiger charge is -2.35. The molecule has 0 fully saturated rings. The highest BCUT2D eigenvalue weighted by atomic mass is 32.2. The fourth-order valence-electron chi connectivity index (χ4n) is 3.85. The Morgan fingerprint density at radius 2 is 1.66 bits per heavy atom. The Morgan fingerprint density at radius 1 is 1.00 bits per heavy atom. The number of benzene rings is 3. The van der Waals surface area contributed by atoms with Crippen molar-refractivity contribution >= 4 is 21.6 Å². The molecule has 0 saturated carbocycles. The standard InChI is InChI=1S/C25H26N2O4S/c1-3-31-22-12-10-21(11-13-22)26-25(28)24-16-19-6-4-5-7-20(19)17-27(24)32(29,30)23-14-8-18(2)9-15-23/h4-15,24H,3,16-17H2,1-2H3,(H,26,28)/t24-/m1/s1. The van der Waals surface area contributed by atoms with Gasteiger partial charge < -0.3 is 10.1 Å². The number of carbonyl (C=O) groups is 1. The van der Waals surface area contributed by atoms with Crippen molar-refractivity contribution in [3.05, 3.63) is 89.5 Å². The van der Waals surface area contributed by atoms with Crippen molar-refractivity contribution in [2.24, 2.45) is 0 Å². The fraction of sp³-hybridized carbons (Fsp3) is 0.240. The van der Waals surface area contributed by atoms with E-state index in [1.165, 1.54) is 4.31 Å². The van der Waals surface area contributed by atoms with Crippen LogP contribution in [0.4, 0.5) is 5.69 Å². The van der Waals surface area contributed by atoms with E-state index in [0.29, 0.717) is 24.5 Å². The van der Waals surface area contributed by atoms with Crippen LogP contribution in [0, 0.1) is 6.92 Å². The molecule has 0 spiro atoms. The normalized spacial score (nSPS) is 16.2. The summed E-state index contributed by atoms with van der Waals surface area (Å²) in [7, 11) is -3.87. The molecule has 166 valence electrons. The van der Waals surface area contributed by atoms with Crippen LogP contribution in [0.2, 0.25) is 0 Å². The molecule has 0 aliphatic carbocycles. The summed E-state index contributed by atoms with van der Waals surface area (Å²) in [6, 6.07) is 20.5. The summed E-state index contributed by atoms with van der Waals surface area (Å²) in [5, 5.41) is 2.87. The minimum absolute atomic E-state index is 0.147. The third-order valence-corrected chi connectivity index (χ3v) is 7.44. The van der Waals surface area contributed by atoms with Gasteiger partial charge in [-0.15, -0.1) is 0 Å². The molecule has 1 N–H and O–H groups in total. The molecule has 0 saturated heterocycles. The van der Waals surface area contributed by atoms with Gasteiger partial charge in [0.05, 0.1) is 11.5 Å². The highest BCUT2D eigenvalue weighted by Gasteiger charge is 2.39. The third-order valence-electron chi connectivity index (χ3n) is 5.57. The second kappa shape index (κ2) is 9.14.